The summed E-state index contributed by atoms with van der Waals surface area (Å²) in [6.07, 6.45) is 4.53. The summed E-state index contributed by atoms with van der Waals surface area (Å²) in [7, 11) is 0. The molecule has 0 spiro atoms. The van der Waals surface area contributed by atoms with E-state index in [0.29, 0.717) is 29.9 Å². The van der Waals surface area contributed by atoms with Gasteiger partial charge in [0, 0.05) is 30.8 Å². The summed E-state index contributed by atoms with van der Waals surface area (Å²) < 4.78 is 0. The molecule has 0 aromatic heterocycles. The van der Waals surface area contributed by atoms with E-state index in [-0.39, 0.29) is 10.8 Å². The van der Waals surface area contributed by atoms with Gasteiger partial charge in [-0.15, -0.1) is 0 Å². The van der Waals surface area contributed by atoms with Crippen LogP contribution in [0.1, 0.15) is 57.6 Å². The number of likely N-dealkylation sites (tertiary alicyclic amines) is 1. The summed E-state index contributed by atoms with van der Waals surface area (Å²) in [5.41, 5.74) is 3.11. The average molecular weight is 327 g/mol. The Morgan fingerprint density at radius 3 is 2.79 bits per heavy atom. The number of hydrogen-bond acceptors (Lipinski definition) is 3. The molecule has 1 saturated heterocycles. The summed E-state index contributed by atoms with van der Waals surface area (Å²) >= 11 is 0. The maximum atomic E-state index is 12.2. The third-order valence-electron chi connectivity index (χ3n) is 6.52. The van der Waals surface area contributed by atoms with Gasteiger partial charge in [0.1, 0.15) is 11.5 Å². The minimum atomic E-state index is 0.110. The zero-order valence-corrected chi connectivity index (χ0v) is 15.1. The number of piperidine rings is 1. The van der Waals surface area contributed by atoms with Gasteiger partial charge in [-0.25, -0.2) is 0 Å². The molecule has 0 amide bonds. The second-order valence-electron chi connectivity index (χ2n) is 9.40. The van der Waals surface area contributed by atoms with Crippen LogP contribution in [0.3, 0.4) is 0 Å². The van der Waals surface area contributed by atoms with Crippen molar-refractivity contribution in [3.8, 4) is 5.75 Å². The molecule has 1 aromatic carbocycles. The molecule has 3 nitrogen and oxygen atoms in total. The number of hydrogen-bond donors (Lipinski definition) is 1. The summed E-state index contributed by atoms with van der Waals surface area (Å²) in [4.78, 5) is 14.9. The fourth-order valence-corrected chi connectivity index (χ4v) is 5.65. The zero-order valence-electron chi connectivity index (χ0n) is 15.1. The number of phenolic OH excluding ortho intramolecular Hbond substituents is 1. The third kappa shape index (κ3) is 2.48. The first-order valence-corrected chi connectivity index (χ1v) is 9.37. The van der Waals surface area contributed by atoms with Crippen molar-refractivity contribution in [3.63, 3.8) is 0 Å². The number of carbonyl (C=O) groups excluding carboxylic acids is 1. The van der Waals surface area contributed by atoms with Crippen molar-refractivity contribution >= 4 is 5.78 Å². The van der Waals surface area contributed by atoms with E-state index in [1.807, 2.05) is 12.1 Å². The van der Waals surface area contributed by atoms with Gasteiger partial charge in [0.05, 0.1) is 0 Å². The quantitative estimate of drug-likeness (QED) is 0.855. The lowest BCUT2D eigenvalue weighted by Crippen LogP contribution is -2.62. The first-order chi connectivity index (χ1) is 11.3. The molecular formula is C21H29NO2. The lowest BCUT2D eigenvalue weighted by Gasteiger charge is -2.59. The Labute approximate surface area is 145 Å². The standard InChI is InChI=1S/C21H29NO2/c1-20(2,3)13-22-9-8-21-7-6-16(24)12-18(21)19(22)10-14-4-5-15(23)11-17(14)21/h4-5,11,18-19,23H,6-10,12-13H2,1-3H3/t18-,19+,21-/m0/s1. The normalized spacial score (nSPS) is 33.0. The molecule has 0 unspecified atom stereocenters. The predicted molar refractivity (Wildman–Crippen MR) is 95.3 cm³/mol. The van der Waals surface area contributed by atoms with E-state index in [1.165, 1.54) is 11.1 Å². The first-order valence-electron chi connectivity index (χ1n) is 9.37. The molecule has 1 aliphatic heterocycles. The van der Waals surface area contributed by atoms with E-state index in [2.05, 4.69) is 31.7 Å². The van der Waals surface area contributed by atoms with Gasteiger partial charge in [0.25, 0.3) is 0 Å². The second kappa shape index (κ2) is 5.32. The molecule has 1 aromatic rings. The van der Waals surface area contributed by atoms with Crippen molar-refractivity contribution in [2.75, 3.05) is 13.1 Å². The van der Waals surface area contributed by atoms with E-state index in [0.717, 1.165) is 38.8 Å². The van der Waals surface area contributed by atoms with Crippen molar-refractivity contribution in [1.29, 1.82) is 0 Å². The van der Waals surface area contributed by atoms with Crippen molar-refractivity contribution in [1.82, 2.24) is 4.90 Å². The lowest BCUT2D eigenvalue weighted by molar-refractivity contribution is -0.127. The molecule has 2 fully saturated rings. The van der Waals surface area contributed by atoms with Crippen LogP contribution in [0.5, 0.6) is 5.75 Å². The van der Waals surface area contributed by atoms with Crippen molar-refractivity contribution in [2.45, 2.75) is 64.3 Å². The summed E-state index contributed by atoms with van der Waals surface area (Å²) in [5.74, 6) is 1.22. The first kappa shape index (κ1) is 16.1. The lowest BCUT2D eigenvalue weighted by atomic mass is 9.52. The highest BCUT2D eigenvalue weighted by Crippen LogP contribution is 2.55. The molecule has 1 saturated carbocycles. The monoisotopic (exact) mass is 327 g/mol. The predicted octanol–water partition coefficient (Wildman–Crippen LogP) is 3.68. The molecule has 1 N–H and O–H groups in total. The molecule has 3 aliphatic rings. The van der Waals surface area contributed by atoms with Crippen LogP contribution in [0, 0.1) is 11.3 Å². The molecule has 24 heavy (non-hydrogen) atoms. The van der Waals surface area contributed by atoms with Gasteiger partial charge < -0.3 is 5.11 Å². The maximum absolute atomic E-state index is 12.2. The molecule has 4 rings (SSSR count). The molecule has 3 heteroatoms. The molecule has 0 radical (unpaired) electrons. The highest BCUT2D eigenvalue weighted by atomic mass is 16.3. The largest absolute Gasteiger partial charge is 0.508 e. The Kier molecular flexibility index (Phi) is 3.58. The topological polar surface area (TPSA) is 40.5 Å². The van der Waals surface area contributed by atoms with Crippen LogP contribution in [-0.4, -0.2) is 34.9 Å². The van der Waals surface area contributed by atoms with Gasteiger partial charge in [-0.2, -0.15) is 0 Å². The van der Waals surface area contributed by atoms with Crippen molar-refractivity contribution in [2.24, 2.45) is 11.3 Å². The molecular weight excluding hydrogens is 298 g/mol. The number of phenols is 1. The molecule has 3 atom stereocenters. The number of Topliss-reactive ketones (excluding diaryl/α,β-unsaturated/α-hetero) is 1. The third-order valence-corrected chi connectivity index (χ3v) is 6.52. The van der Waals surface area contributed by atoms with Crippen LogP contribution >= 0.6 is 0 Å². The number of carbonyl (C=O) groups is 1. The molecule has 130 valence electrons. The summed E-state index contributed by atoms with van der Waals surface area (Å²) in [6.45, 7) is 9.11. The van der Waals surface area contributed by atoms with E-state index in [4.69, 9.17) is 0 Å². The maximum Gasteiger partial charge on any atom is 0.133 e. The Morgan fingerprint density at radius 2 is 2.04 bits per heavy atom. The average Bonchev–Trinajstić information content (AvgIpc) is 2.49. The van der Waals surface area contributed by atoms with Crippen LogP contribution < -0.4 is 0 Å². The van der Waals surface area contributed by atoms with Crippen LogP contribution in [0.2, 0.25) is 0 Å². The van der Waals surface area contributed by atoms with Gasteiger partial charge in [0.15, 0.2) is 0 Å². The van der Waals surface area contributed by atoms with Crippen LogP contribution in [0.25, 0.3) is 0 Å². The van der Waals surface area contributed by atoms with Gasteiger partial charge in [-0.05, 0) is 60.4 Å². The van der Waals surface area contributed by atoms with Crippen LogP contribution in [0.4, 0.5) is 0 Å². The number of ketones is 1. The van der Waals surface area contributed by atoms with Gasteiger partial charge in [-0.1, -0.05) is 26.8 Å². The van der Waals surface area contributed by atoms with Gasteiger partial charge in [0.2, 0.25) is 0 Å². The van der Waals surface area contributed by atoms with Gasteiger partial charge >= 0.3 is 0 Å². The Bertz CT molecular complexity index is 675. The minimum absolute atomic E-state index is 0.110. The van der Waals surface area contributed by atoms with E-state index in [9.17, 15) is 9.90 Å². The number of nitrogens with zero attached hydrogens (tertiary/aromatic N) is 1. The smallest absolute Gasteiger partial charge is 0.133 e. The highest BCUT2D eigenvalue weighted by molar-refractivity contribution is 5.80. The molecule has 2 aliphatic carbocycles. The summed E-state index contributed by atoms with van der Waals surface area (Å²) in [6, 6.07) is 6.41. The van der Waals surface area contributed by atoms with Crippen LogP contribution in [-0.2, 0) is 16.6 Å². The van der Waals surface area contributed by atoms with Gasteiger partial charge in [-0.3, -0.25) is 9.69 Å². The summed E-state index contributed by atoms with van der Waals surface area (Å²) in [5, 5.41) is 10.1. The van der Waals surface area contributed by atoms with E-state index in [1.54, 1.807) is 0 Å². The van der Waals surface area contributed by atoms with E-state index >= 15 is 0 Å². The number of rotatable bonds is 1. The Hall–Kier alpha value is -1.35. The molecule has 1 heterocycles. The zero-order chi connectivity index (χ0) is 17.1. The minimum Gasteiger partial charge on any atom is -0.508 e. The number of fused-ring (bicyclic) bond motifs is 1. The van der Waals surface area contributed by atoms with Crippen molar-refractivity contribution in [3.05, 3.63) is 29.3 Å². The number of aromatic hydroxyl groups is 1. The van der Waals surface area contributed by atoms with Crippen molar-refractivity contribution < 1.29 is 9.90 Å². The second-order valence-corrected chi connectivity index (χ2v) is 9.40. The number of benzene rings is 1. The fourth-order valence-electron chi connectivity index (χ4n) is 5.65. The molecule has 2 bridgehead atoms. The SMILES string of the molecule is CC(C)(C)CN1CC[C@]23CCC(=O)C[C@H]2[C@H]1Cc1ccc(O)cc13. The highest BCUT2D eigenvalue weighted by Gasteiger charge is 2.55. The van der Waals surface area contributed by atoms with Crippen LogP contribution in [0.15, 0.2) is 18.2 Å². The Morgan fingerprint density at radius 1 is 1.25 bits per heavy atom. The Balaban J connectivity index is 1.78. The fraction of sp³-hybridized carbons (Fsp3) is 0.667. The van der Waals surface area contributed by atoms with E-state index < -0.39 is 0 Å².